The van der Waals surface area contributed by atoms with Crippen molar-refractivity contribution in [3.63, 3.8) is 0 Å². The van der Waals surface area contributed by atoms with Crippen molar-refractivity contribution in [1.82, 2.24) is 10.2 Å². The minimum atomic E-state index is -0.673. The van der Waals surface area contributed by atoms with Gasteiger partial charge >= 0.3 is 0 Å². The van der Waals surface area contributed by atoms with E-state index < -0.39 is 17.7 Å². The molecule has 2 amide bonds. The van der Waals surface area contributed by atoms with Crippen molar-refractivity contribution in [2.45, 2.75) is 13.0 Å². The van der Waals surface area contributed by atoms with E-state index in [4.69, 9.17) is 0 Å². The number of nitrogens with one attached hydrogen (secondary N) is 2. The molecule has 0 saturated carbocycles. The van der Waals surface area contributed by atoms with Gasteiger partial charge in [0.1, 0.15) is 11.6 Å². The van der Waals surface area contributed by atoms with Gasteiger partial charge in [-0.05, 0) is 25.1 Å². The molecule has 1 heterocycles. The first-order valence-electron chi connectivity index (χ1n) is 9.36. The zero-order valence-corrected chi connectivity index (χ0v) is 15.8. The lowest BCUT2D eigenvalue weighted by atomic mass is 10.1. The smallest absolute Gasteiger partial charge is 0.275 e. The predicted octanol–water partition coefficient (Wildman–Crippen LogP) is 1.18. The Balaban J connectivity index is 1.48. The highest BCUT2D eigenvalue weighted by Gasteiger charge is 2.26. The molecule has 1 aliphatic rings. The van der Waals surface area contributed by atoms with Crippen molar-refractivity contribution in [3.05, 3.63) is 71.3 Å². The van der Waals surface area contributed by atoms with E-state index >= 15 is 0 Å². The fourth-order valence-electron chi connectivity index (χ4n) is 3.42. The number of quaternary nitrogens is 1. The van der Waals surface area contributed by atoms with Crippen LogP contribution >= 0.6 is 0 Å². The molecule has 2 aromatic carbocycles. The average molecular weight is 388 g/mol. The highest BCUT2D eigenvalue weighted by atomic mass is 19.1. The van der Waals surface area contributed by atoms with Gasteiger partial charge in [-0.3, -0.25) is 9.59 Å². The Kier molecular flexibility index (Phi) is 6.36. The monoisotopic (exact) mass is 388 g/mol. The molecular formula is C21H24F2N3O2+. The van der Waals surface area contributed by atoms with Gasteiger partial charge in [-0.25, -0.2) is 8.78 Å². The molecule has 1 atom stereocenters. The summed E-state index contributed by atoms with van der Waals surface area (Å²) in [5, 5.41) is 2.76. The van der Waals surface area contributed by atoms with E-state index in [1.165, 1.54) is 12.1 Å². The number of rotatable bonds is 5. The maximum atomic E-state index is 13.8. The summed E-state index contributed by atoms with van der Waals surface area (Å²) in [6.45, 7) is 4.42. The molecule has 28 heavy (non-hydrogen) atoms. The molecule has 5 nitrogen and oxygen atoms in total. The quantitative estimate of drug-likeness (QED) is 0.808. The Morgan fingerprint density at radius 2 is 1.79 bits per heavy atom. The summed E-state index contributed by atoms with van der Waals surface area (Å²) >= 11 is 0. The van der Waals surface area contributed by atoms with Crippen molar-refractivity contribution in [1.29, 1.82) is 0 Å². The highest BCUT2D eigenvalue weighted by Crippen LogP contribution is 2.17. The largest absolute Gasteiger partial charge is 0.345 e. The summed E-state index contributed by atoms with van der Waals surface area (Å²) in [4.78, 5) is 27.6. The second-order valence-electron chi connectivity index (χ2n) is 7.04. The molecule has 0 radical (unpaired) electrons. The van der Waals surface area contributed by atoms with Gasteiger partial charge in [-0.15, -0.1) is 0 Å². The molecule has 0 spiro atoms. The highest BCUT2D eigenvalue weighted by molar-refractivity contribution is 5.94. The van der Waals surface area contributed by atoms with Gasteiger partial charge in [0.25, 0.3) is 11.8 Å². The van der Waals surface area contributed by atoms with E-state index in [2.05, 4.69) is 5.32 Å². The molecule has 0 aromatic heterocycles. The first kappa shape index (κ1) is 19.9. The molecule has 1 aliphatic heterocycles. The molecule has 2 aromatic rings. The Morgan fingerprint density at radius 1 is 1.11 bits per heavy atom. The second kappa shape index (κ2) is 8.93. The first-order chi connectivity index (χ1) is 13.4. The topological polar surface area (TPSA) is 53.9 Å². The third-order valence-electron chi connectivity index (χ3n) is 5.00. The molecule has 3 rings (SSSR count). The maximum absolute atomic E-state index is 13.8. The van der Waals surface area contributed by atoms with Gasteiger partial charge in [0, 0.05) is 17.2 Å². The molecule has 7 heteroatoms. The van der Waals surface area contributed by atoms with E-state index in [9.17, 15) is 18.4 Å². The summed E-state index contributed by atoms with van der Waals surface area (Å²) in [7, 11) is 0. The lowest BCUT2D eigenvalue weighted by molar-refractivity contribution is -0.896. The lowest BCUT2D eigenvalue weighted by Gasteiger charge is -2.32. The van der Waals surface area contributed by atoms with Crippen LogP contribution in [0.25, 0.3) is 0 Å². The van der Waals surface area contributed by atoms with Gasteiger partial charge in [-0.1, -0.05) is 24.3 Å². The Hall–Kier alpha value is -2.80. The molecule has 148 valence electrons. The van der Waals surface area contributed by atoms with Crippen LogP contribution in [-0.2, 0) is 4.79 Å². The minimum absolute atomic E-state index is 0.00417. The number of hydrogen-bond donors (Lipinski definition) is 2. The van der Waals surface area contributed by atoms with E-state index in [1.54, 1.807) is 24.0 Å². The van der Waals surface area contributed by atoms with Gasteiger partial charge in [-0.2, -0.15) is 0 Å². The SMILES string of the molecule is C[C@@H](NC(=O)C[NH+]1CCN(C(=O)c2ccccc2)CC1)c1ccc(F)cc1F. The summed E-state index contributed by atoms with van der Waals surface area (Å²) in [6, 6.07) is 11.9. The minimum Gasteiger partial charge on any atom is -0.345 e. The van der Waals surface area contributed by atoms with Crippen LogP contribution in [0, 0.1) is 11.6 Å². The second-order valence-corrected chi connectivity index (χ2v) is 7.04. The van der Waals surface area contributed by atoms with Crippen LogP contribution in [0.3, 0.4) is 0 Å². The summed E-state index contributed by atoms with van der Waals surface area (Å²) in [6.07, 6.45) is 0. The molecular weight excluding hydrogens is 364 g/mol. The molecule has 0 bridgehead atoms. The third kappa shape index (κ3) is 4.92. The van der Waals surface area contributed by atoms with Gasteiger partial charge < -0.3 is 15.1 Å². The summed E-state index contributed by atoms with van der Waals surface area (Å²) < 4.78 is 26.9. The third-order valence-corrected chi connectivity index (χ3v) is 5.00. The van der Waals surface area contributed by atoms with Crippen molar-refractivity contribution in [2.75, 3.05) is 32.7 Å². The van der Waals surface area contributed by atoms with Crippen LogP contribution in [-0.4, -0.2) is 49.4 Å². The van der Waals surface area contributed by atoms with E-state index in [-0.39, 0.29) is 23.9 Å². The van der Waals surface area contributed by atoms with Gasteiger partial charge in [0.05, 0.1) is 32.2 Å². The Labute approximate surface area is 162 Å². The van der Waals surface area contributed by atoms with Crippen LogP contribution in [0.2, 0.25) is 0 Å². The van der Waals surface area contributed by atoms with Gasteiger partial charge in [0.15, 0.2) is 6.54 Å². The van der Waals surface area contributed by atoms with Crippen molar-refractivity contribution >= 4 is 11.8 Å². The summed E-state index contributed by atoms with van der Waals surface area (Å²) in [5.41, 5.74) is 0.918. The maximum Gasteiger partial charge on any atom is 0.275 e. The molecule has 0 aliphatic carbocycles. The summed E-state index contributed by atoms with van der Waals surface area (Å²) in [5.74, 6) is -1.51. The fourth-order valence-corrected chi connectivity index (χ4v) is 3.42. The Morgan fingerprint density at radius 3 is 2.43 bits per heavy atom. The van der Waals surface area contributed by atoms with Crippen LogP contribution in [0.4, 0.5) is 8.78 Å². The average Bonchev–Trinajstić information content (AvgIpc) is 2.68. The fraction of sp³-hybridized carbons (Fsp3) is 0.333. The molecule has 0 unspecified atom stereocenters. The number of halogens is 2. The first-order valence-corrected chi connectivity index (χ1v) is 9.36. The van der Waals surface area contributed by atoms with Crippen molar-refractivity contribution < 1.29 is 23.3 Å². The Bertz CT molecular complexity index is 837. The number of hydrogen-bond acceptors (Lipinski definition) is 2. The zero-order chi connectivity index (χ0) is 20.1. The number of carbonyl (C=O) groups is 2. The van der Waals surface area contributed by atoms with Crippen LogP contribution in [0.5, 0.6) is 0 Å². The normalized spacial score (nSPS) is 15.9. The van der Waals surface area contributed by atoms with Crippen LogP contribution < -0.4 is 10.2 Å². The van der Waals surface area contributed by atoms with Crippen LogP contribution in [0.1, 0.15) is 28.9 Å². The molecule has 2 N–H and O–H groups in total. The standard InChI is InChI=1S/C21H23F2N3O2/c1-15(18-8-7-17(22)13-19(18)23)24-20(27)14-25-9-11-26(12-10-25)21(28)16-5-3-2-4-6-16/h2-8,13,15H,9-12,14H2,1H3,(H,24,27)/p+1/t15-/m1/s1. The lowest BCUT2D eigenvalue weighted by Crippen LogP contribution is -3.15. The molecule has 1 saturated heterocycles. The predicted molar refractivity (Wildman–Crippen MR) is 101 cm³/mol. The number of benzene rings is 2. The van der Waals surface area contributed by atoms with Gasteiger partial charge in [0.2, 0.25) is 0 Å². The van der Waals surface area contributed by atoms with Crippen molar-refractivity contribution in [3.8, 4) is 0 Å². The number of nitrogens with zero attached hydrogens (tertiary/aromatic N) is 1. The van der Waals surface area contributed by atoms with E-state index in [1.807, 2.05) is 18.2 Å². The van der Waals surface area contributed by atoms with Crippen molar-refractivity contribution in [2.24, 2.45) is 0 Å². The number of piperazine rings is 1. The van der Waals surface area contributed by atoms with E-state index in [0.717, 1.165) is 11.0 Å². The molecule has 1 fully saturated rings. The number of carbonyl (C=O) groups excluding carboxylic acids is 2. The van der Waals surface area contributed by atoms with E-state index in [0.29, 0.717) is 31.7 Å². The number of amides is 2. The zero-order valence-electron chi connectivity index (χ0n) is 15.8. The van der Waals surface area contributed by atoms with Crippen LogP contribution in [0.15, 0.2) is 48.5 Å².